The van der Waals surface area contributed by atoms with Gasteiger partial charge in [0.2, 0.25) is 0 Å². The summed E-state index contributed by atoms with van der Waals surface area (Å²) < 4.78 is 0. The lowest BCUT2D eigenvalue weighted by atomic mass is 9.86. The average Bonchev–Trinajstić information content (AvgIpc) is 3.21. The third kappa shape index (κ3) is 3.27. The number of nitrogens with one attached hydrogen (secondary N) is 2. The summed E-state index contributed by atoms with van der Waals surface area (Å²) in [4.78, 5) is 3.17. The summed E-state index contributed by atoms with van der Waals surface area (Å²) in [5.41, 5.74) is 9.57. The number of hydrogen-bond donors (Lipinski definition) is 2. The Labute approximate surface area is 187 Å². The SMILES string of the molecule is C1=Cc2ccc3[nH]ccc3c2NN=C1.c1ccc2c(c1)ccc1c3c(ccc12)CCCC3. The Bertz CT molecular complexity index is 1500. The van der Waals surface area contributed by atoms with E-state index in [-0.39, 0.29) is 0 Å². The van der Waals surface area contributed by atoms with Gasteiger partial charge in [-0.2, -0.15) is 5.10 Å². The van der Waals surface area contributed by atoms with Crippen LogP contribution in [0.1, 0.15) is 29.5 Å². The molecule has 0 amide bonds. The summed E-state index contributed by atoms with van der Waals surface area (Å²) in [5.74, 6) is 0. The van der Waals surface area contributed by atoms with Crippen molar-refractivity contribution < 1.29 is 0 Å². The molecule has 3 heteroatoms. The van der Waals surface area contributed by atoms with Gasteiger partial charge in [-0.3, -0.25) is 5.43 Å². The highest BCUT2D eigenvalue weighted by Gasteiger charge is 2.13. The van der Waals surface area contributed by atoms with Crippen LogP contribution in [0.3, 0.4) is 0 Å². The number of H-pyrrole nitrogens is 1. The van der Waals surface area contributed by atoms with Gasteiger partial charge in [-0.15, -0.1) is 0 Å². The van der Waals surface area contributed by atoms with Crippen LogP contribution in [-0.2, 0) is 12.8 Å². The summed E-state index contributed by atoms with van der Waals surface area (Å²) >= 11 is 0. The smallest absolute Gasteiger partial charge is 0.0727 e. The van der Waals surface area contributed by atoms with E-state index in [4.69, 9.17) is 0 Å². The Hall–Kier alpha value is -3.85. The van der Waals surface area contributed by atoms with Crippen molar-refractivity contribution in [3.8, 4) is 0 Å². The monoisotopic (exact) mass is 415 g/mol. The lowest BCUT2D eigenvalue weighted by Crippen LogP contribution is -2.02. The molecule has 5 aromatic rings. The Balaban J connectivity index is 0.000000126. The minimum Gasteiger partial charge on any atom is -0.361 e. The highest BCUT2D eigenvalue weighted by molar-refractivity contribution is 6.08. The van der Waals surface area contributed by atoms with Crippen molar-refractivity contribution in [1.82, 2.24) is 4.98 Å². The molecule has 0 spiro atoms. The zero-order chi connectivity index (χ0) is 21.3. The zero-order valence-electron chi connectivity index (χ0n) is 17.9. The van der Waals surface area contributed by atoms with Crippen LogP contribution in [-0.4, -0.2) is 11.2 Å². The number of anilines is 1. The fourth-order valence-electron chi connectivity index (χ4n) is 5.05. The minimum absolute atomic E-state index is 1.06. The van der Waals surface area contributed by atoms with Gasteiger partial charge < -0.3 is 4.98 Å². The summed E-state index contributed by atoms with van der Waals surface area (Å²) in [6, 6.07) is 24.2. The molecule has 0 radical (unpaired) electrons. The number of aromatic amines is 1. The average molecular weight is 416 g/mol. The van der Waals surface area contributed by atoms with E-state index in [9.17, 15) is 0 Å². The number of aromatic nitrogens is 1. The molecular formula is C29H25N3. The van der Waals surface area contributed by atoms with Crippen LogP contribution in [0.15, 0.2) is 84.1 Å². The molecule has 2 aliphatic rings. The van der Waals surface area contributed by atoms with Gasteiger partial charge in [-0.1, -0.05) is 60.7 Å². The van der Waals surface area contributed by atoms with Crippen molar-refractivity contribution in [2.24, 2.45) is 5.10 Å². The number of rotatable bonds is 0. The van der Waals surface area contributed by atoms with Crippen molar-refractivity contribution >= 4 is 50.4 Å². The number of aryl methyl sites for hydroxylation is 2. The molecule has 0 fully saturated rings. The van der Waals surface area contributed by atoms with Crippen LogP contribution in [0.2, 0.25) is 0 Å². The summed E-state index contributed by atoms with van der Waals surface area (Å²) in [7, 11) is 0. The number of benzene rings is 4. The van der Waals surface area contributed by atoms with Crippen LogP contribution in [0.25, 0.3) is 38.5 Å². The lowest BCUT2D eigenvalue weighted by molar-refractivity contribution is 0.690. The molecule has 32 heavy (non-hydrogen) atoms. The van der Waals surface area contributed by atoms with Crippen molar-refractivity contribution in [3.05, 3.63) is 95.7 Å². The van der Waals surface area contributed by atoms with E-state index in [1.54, 1.807) is 17.3 Å². The molecule has 0 saturated carbocycles. The van der Waals surface area contributed by atoms with Crippen molar-refractivity contribution in [1.29, 1.82) is 0 Å². The normalized spacial score (nSPS) is 14.4. The molecule has 4 aromatic carbocycles. The van der Waals surface area contributed by atoms with Gasteiger partial charge in [0.05, 0.1) is 5.69 Å². The maximum absolute atomic E-state index is 4.07. The minimum atomic E-state index is 1.06. The first kappa shape index (κ1) is 18.9. The van der Waals surface area contributed by atoms with Crippen LogP contribution in [0.5, 0.6) is 0 Å². The number of allylic oxidation sites excluding steroid dienone is 1. The van der Waals surface area contributed by atoms with E-state index in [0.29, 0.717) is 0 Å². The number of hydrazone groups is 1. The number of fused-ring (bicyclic) bond motifs is 8. The molecule has 0 bridgehead atoms. The molecular weight excluding hydrogens is 390 g/mol. The van der Waals surface area contributed by atoms with Crippen LogP contribution in [0.4, 0.5) is 5.69 Å². The molecule has 1 aromatic heterocycles. The van der Waals surface area contributed by atoms with Crippen LogP contribution in [0, 0.1) is 0 Å². The molecule has 0 atom stereocenters. The maximum atomic E-state index is 4.07. The van der Waals surface area contributed by atoms with Gasteiger partial charge in [0.25, 0.3) is 0 Å². The van der Waals surface area contributed by atoms with Crippen LogP contribution >= 0.6 is 0 Å². The third-order valence-corrected chi connectivity index (χ3v) is 6.64. The lowest BCUT2D eigenvalue weighted by Gasteiger charge is -2.18. The predicted molar refractivity (Wildman–Crippen MR) is 138 cm³/mol. The first-order valence-electron chi connectivity index (χ1n) is 11.4. The fourth-order valence-corrected chi connectivity index (χ4v) is 5.05. The molecule has 0 unspecified atom stereocenters. The Morgan fingerprint density at radius 3 is 2.62 bits per heavy atom. The quantitative estimate of drug-likeness (QED) is 0.253. The molecule has 7 rings (SSSR count). The first-order chi connectivity index (χ1) is 15.9. The fraction of sp³-hybridized carbons (Fsp3) is 0.138. The molecule has 1 aliphatic carbocycles. The van der Waals surface area contributed by atoms with Gasteiger partial charge in [0.15, 0.2) is 0 Å². The summed E-state index contributed by atoms with van der Waals surface area (Å²) in [6.45, 7) is 0. The number of nitrogens with zero attached hydrogens (tertiary/aromatic N) is 1. The highest BCUT2D eigenvalue weighted by atomic mass is 15.3. The molecule has 1 aliphatic heterocycles. The van der Waals surface area contributed by atoms with Crippen LogP contribution < -0.4 is 5.43 Å². The van der Waals surface area contributed by atoms with E-state index in [2.05, 4.69) is 82.2 Å². The zero-order valence-corrected chi connectivity index (χ0v) is 17.9. The summed E-state index contributed by atoms with van der Waals surface area (Å²) in [6.07, 6.45) is 12.9. The van der Waals surface area contributed by atoms with Crippen molar-refractivity contribution in [3.63, 3.8) is 0 Å². The highest BCUT2D eigenvalue weighted by Crippen LogP contribution is 2.33. The molecule has 2 N–H and O–H groups in total. The van der Waals surface area contributed by atoms with Gasteiger partial charge in [0, 0.05) is 28.9 Å². The Kier molecular flexibility index (Phi) is 4.73. The Morgan fingerprint density at radius 2 is 1.62 bits per heavy atom. The van der Waals surface area contributed by atoms with Gasteiger partial charge in [-0.25, -0.2) is 0 Å². The van der Waals surface area contributed by atoms with Gasteiger partial charge in [-0.05, 0) is 76.6 Å². The third-order valence-electron chi connectivity index (χ3n) is 6.64. The topological polar surface area (TPSA) is 40.2 Å². The van der Waals surface area contributed by atoms with Gasteiger partial charge >= 0.3 is 0 Å². The first-order valence-corrected chi connectivity index (χ1v) is 11.4. The molecule has 2 heterocycles. The Morgan fingerprint density at radius 1 is 0.719 bits per heavy atom. The van der Waals surface area contributed by atoms with E-state index in [1.165, 1.54) is 52.6 Å². The second-order valence-corrected chi connectivity index (χ2v) is 8.51. The van der Waals surface area contributed by atoms with Gasteiger partial charge in [0.1, 0.15) is 0 Å². The second-order valence-electron chi connectivity index (χ2n) is 8.51. The maximum Gasteiger partial charge on any atom is 0.0727 e. The number of hydrogen-bond acceptors (Lipinski definition) is 2. The predicted octanol–water partition coefficient (Wildman–Crippen LogP) is 7.46. The molecule has 0 saturated heterocycles. The van der Waals surface area contributed by atoms with E-state index < -0.39 is 0 Å². The molecule has 3 nitrogen and oxygen atoms in total. The van der Waals surface area contributed by atoms with E-state index >= 15 is 0 Å². The summed E-state index contributed by atoms with van der Waals surface area (Å²) in [5, 5.41) is 10.9. The van der Waals surface area contributed by atoms with E-state index in [1.807, 2.05) is 18.3 Å². The van der Waals surface area contributed by atoms with Crippen molar-refractivity contribution in [2.45, 2.75) is 25.7 Å². The second kappa shape index (κ2) is 8.01. The van der Waals surface area contributed by atoms with E-state index in [0.717, 1.165) is 16.8 Å². The molecule has 156 valence electrons. The largest absolute Gasteiger partial charge is 0.361 e. The van der Waals surface area contributed by atoms with Crippen molar-refractivity contribution in [2.75, 3.05) is 5.43 Å². The standard InChI is InChI=1S/C18H16.C11H9N3/c1-3-7-15-13(5-1)9-11-18-16-8-4-2-6-14(16)10-12-17(15)18;1-2-8-3-4-10-9(5-7-12-10)11(8)14-13-6-1/h1,3,5,7,9-12H,2,4,6,8H2;1-7,12,14H.